The minimum Gasteiger partial charge on any atom is -0.480 e. The number of hydrogen-bond donors (Lipinski definition) is 2. The molecule has 2 aromatic rings. The van der Waals surface area contributed by atoms with E-state index in [-0.39, 0.29) is 0 Å². The summed E-state index contributed by atoms with van der Waals surface area (Å²) in [5.74, 6) is -0.823. The number of hydrogen-bond acceptors (Lipinski definition) is 4. The first-order valence-corrected chi connectivity index (χ1v) is 6.79. The Balaban J connectivity index is 2.10. The van der Waals surface area contributed by atoms with Gasteiger partial charge in [0.1, 0.15) is 6.04 Å². The zero-order valence-electron chi connectivity index (χ0n) is 10.7. The number of fused-ring (bicyclic) bond motifs is 1. The molecule has 0 radical (unpaired) electrons. The number of nitrogens with one attached hydrogen (secondary N) is 1. The summed E-state index contributed by atoms with van der Waals surface area (Å²) in [7, 11) is 0. The van der Waals surface area contributed by atoms with Crippen LogP contribution in [0.4, 0.5) is 5.69 Å². The first-order valence-electron chi connectivity index (χ1n) is 6.41. The Morgan fingerprint density at radius 1 is 1.45 bits per heavy atom. The van der Waals surface area contributed by atoms with Gasteiger partial charge in [0.25, 0.3) is 0 Å². The molecule has 0 bridgehead atoms. The summed E-state index contributed by atoms with van der Waals surface area (Å²) < 4.78 is 0. The minimum absolute atomic E-state index is 0.437. The minimum atomic E-state index is -0.823. The average molecular weight is 292 g/mol. The third-order valence-electron chi connectivity index (χ3n) is 3.52. The molecular formula is C14H14ClN3O2. The molecule has 5 nitrogen and oxygen atoms in total. The molecule has 0 amide bonds. The Labute approximate surface area is 121 Å². The molecule has 1 atom stereocenters. The summed E-state index contributed by atoms with van der Waals surface area (Å²) in [6.07, 6.45) is 1.69. The second-order valence-electron chi connectivity index (χ2n) is 4.74. The third-order valence-corrected chi connectivity index (χ3v) is 3.75. The van der Waals surface area contributed by atoms with E-state index in [0.717, 1.165) is 23.1 Å². The molecule has 20 heavy (non-hydrogen) atoms. The van der Waals surface area contributed by atoms with Crippen molar-refractivity contribution >= 4 is 34.2 Å². The van der Waals surface area contributed by atoms with Crippen molar-refractivity contribution in [3.05, 3.63) is 35.5 Å². The summed E-state index contributed by atoms with van der Waals surface area (Å²) in [5, 5.41) is 14.0. The molecule has 1 fully saturated rings. The number of aliphatic carboxylic acids is 1. The predicted molar refractivity (Wildman–Crippen MR) is 78.4 cm³/mol. The molecule has 3 rings (SSSR count). The van der Waals surface area contributed by atoms with Crippen LogP contribution in [0.15, 0.2) is 30.5 Å². The summed E-state index contributed by atoms with van der Waals surface area (Å²) in [5.41, 5.74) is 1.67. The number of pyridine rings is 1. The molecule has 1 aromatic carbocycles. The fourth-order valence-electron chi connectivity index (χ4n) is 2.57. The highest BCUT2D eigenvalue weighted by Gasteiger charge is 2.29. The molecular weight excluding hydrogens is 278 g/mol. The number of benzene rings is 1. The van der Waals surface area contributed by atoms with E-state index >= 15 is 0 Å². The van der Waals surface area contributed by atoms with E-state index in [2.05, 4.69) is 10.3 Å². The van der Waals surface area contributed by atoms with Crippen LogP contribution in [0.3, 0.4) is 0 Å². The lowest BCUT2D eigenvalue weighted by molar-refractivity contribution is -0.138. The van der Waals surface area contributed by atoms with Crippen LogP contribution >= 0.6 is 11.6 Å². The molecule has 1 aliphatic rings. The fourth-order valence-corrected chi connectivity index (χ4v) is 2.74. The normalized spacial score (nSPS) is 19.2. The molecule has 0 spiro atoms. The summed E-state index contributed by atoms with van der Waals surface area (Å²) in [6.45, 7) is 1.85. The maximum Gasteiger partial charge on any atom is 0.327 e. The van der Waals surface area contributed by atoms with Crippen molar-refractivity contribution in [2.24, 2.45) is 0 Å². The number of carbonyl (C=O) groups is 1. The Hall–Kier alpha value is -1.85. The smallest absolute Gasteiger partial charge is 0.327 e. The van der Waals surface area contributed by atoms with Gasteiger partial charge in [-0.15, -0.1) is 0 Å². The second kappa shape index (κ2) is 5.26. The maximum atomic E-state index is 11.4. The number of carboxylic acids is 1. The van der Waals surface area contributed by atoms with Gasteiger partial charge in [-0.2, -0.15) is 0 Å². The van der Waals surface area contributed by atoms with Crippen molar-refractivity contribution in [2.45, 2.75) is 6.04 Å². The van der Waals surface area contributed by atoms with Crippen LogP contribution in [0.25, 0.3) is 10.9 Å². The highest BCUT2D eigenvalue weighted by Crippen LogP contribution is 2.29. The van der Waals surface area contributed by atoms with Crippen LogP contribution in [0.5, 0.6) is 0 Å². The Bertz CT molecular complexity index is 662. The van der Waals surface area contributed by atoms with Crippen molar-refractivity contribution in [2.75, 3.05) is 24.5 Å². The van der Waals surface area contributed by atoms with Crippen LogP contribution in [-0.2, 0) is 4.79 Å². The average Bonchev–Trinajstić information content (AvgIpc) is 2.46. The number of carboxylic acid groups (broad SMARTS) is 1. The monoisotopic (exact) mass is 291 g/mol. The SMILES string of the molecule is O=C(O)C1CNCCN1c1ccnc2cc(Cl)ccc12. The summed E-state index contributed by atoms with van der Waals surface area (Å²) in [6, 6.07) is 6.77. The first-order chi connectivity index (χ1) is 9.66. The van der Waals surface area contributed by atoms with Crippen molar-refractivity contribution < 1.29 is 9.90 Å². The van der Waals surface area contributed by atoms with E-state index in [1.54, 1.807) is 18.3 Å². The Morgan fingerprint density at radius 3 is 3.10 bits per heavy atom. The van der Waals surface area contributed by atoms with Crippen LogP contribution in [0.1, 0.15) is 0 Å². The van der Waals surface area contributed by atoms with Crippen molar-refractivity contribution in [3.63, 3.8) is 0 Å². The van der Waals surface area contributed by atoms with E-state index in [1.165, 1.54) is 0 Å². The second-order valence-corrected chi connectivity index (χ2v) is 5.18. The van der Waals surface area contributed by atoms with Crippen molar-refractivity contribution in [1.82, 2.24) is 10.3 Å². The number of anilines is 1. The van der Waals surface area contributed by atoms with Gasteiger partial charge in [-0.3, -0.25) is 4.98 Å². The first kappa shape index (κ1) is 13.1. The van der Waals surface area contributed by atoms with Gasteiger partial charge < -0.3 is 15.3 Å². The van der Waals surface area contributed by atoms with Gasteiger partial charge >= 0.3 is 5.97 Å². The maximum absolute atomic E-state index is 11.4. The van der Waals surface area contributed by atoms with Gasteiger partial charge in [0.2, 0.25) is 0 Å². The van der Waals surface area contributed by atoms with Crippen molar-refractivity contribution in [3.8, 4) is 0 Å². The number of nitrogens with zero attached hydrogens (tertiary/aromatic N) is 2. The standard InChI is InChI=1S/C14H14ClN3O2/c15-9-1-2-10-11(7-9)17-4-3-12(10)18-6-5-16-8-13(18)14(19)20/h1-4,7,13,16H,5-6,8H2,(H,19,20). The van der Waals surface area contributed by atoms with Gasteiger partial charge in [0.05, 0.1) is 5.52 Å². The van der Waals surface area contributed by atoms with Gasteiger partial charge in [0.15, 0.2) is 0 Å². The predicted octanol–water partition coefficient (Wildman–Crippen LogP) is 1.75. The highest BCUT2D eigenvalue weighted by atomic mass is 35.5. The quantitative estimate of drug-likeness (QED) is 0.882. The number of piperazine rings is 1. The van der Waals surface area contributed by atoms with Gasteiger partial charge in [0, 0.05) is 41.9 Å². The van der Waals surface area contributed by atoms with Gasteiger partial charge in [-0.1, -0.05) is 11.6 Å². The molecule has 6 heteroatoms. The Morgan fingerprint density at radius 2 is 2.30 bits per heavy atom. The van der Waals surface area contributed by atoms with Crippen LogP contribution < -0.4 is 10.2 Å². The fraction of sp³-hybridized carbons (Fsp3) is 0.286. The molecule has 1 aromatic heterocycles. The largest absolute Gasteiger partial charge is 0.480 e. The van der Waals surface area contributed by atoms with E-state index in [0.29, 0.717) is 18.1 Å². The van der Waals surface area contributed by atoms with Gasteiger partial charge in [-0.25, -0.2) is 4.79 Å². The van der Waals surface area contributed by atoms with E-state index in [4.69, 9.17) is 11.6 Å². The molecule has 1 unspecified atom stereocenters. The highest BCUT2D eigenvalue weighted by molar-refractivity contribution is 6.31. The van der Waals surface area contributed by atoms with E-state index < -0.39 is 12.0 Å². The third kappa shape index (κ3) is 2.30. The lowest BCUT2D eigenvalue weighted by Gasteiger charge is -2.35. The lowest BCUT2D eigenvalue weighted by atomic mass is 10.1. The zero-order valence-corrected chi connectivity index (χ0v) is 11.5. The van der Waals surface area contributed by atoms with E-state index in [1.807, 2.05) is 17.0 Å². The topological polar surface area (TPSA) is 65.5 Å². The van der Waals surface area contributed by atoms with Crippen LogP contribution in [0.2, 0.25) is 5.02 Å². The molecule has 104 valence electrons. The number of rotatable bonds is 2. The number of aromatic nitrogens is 1. The molecule has 2 heterocycles. The number of halogens is 1. The van der Waals surface area contributed by atoms with Crippen LogP contribution in [0, 0.1) is 0 Å². The van der Waals surface area contributed by atoms with E-state index in [9.17, 15) is 9.90 Å². The molecule has 1 saturated heterocycles. The Kier molecular flexibility index (Phi) is 3.46. The molecule has 0 aliphatic carbocycles. The van der Waals surface area contributed by atoms with Crippen LogP contribution in [-0.4, -0.2) is 41.7 Å². The summed E-state index contributed by atoms with van der Waals surface area (Å²) in [4.78, 5) is 17.6. The van der Waals surface area contributed by atoms with Gasteiger partial charge in [-0.05, 0) is 24.3 Å². The van der Waals surface area contributed by atoms with Crippen molar-refractivity contribution in [1.29, 1.82) is 0 Å². The summed E-state index contributed by atoms with van der Waals surface area (Å²) >= 11 is 5.98. The molecule has 2 N–H and O–H groups in total. The molecule has 0 saturated carbocycles. The lowest BCUT2D eigenvalue weighted by Crippen LogP contribution is -2.55. The molecule has 1 aliphatic heterocycles. The zero-order chi connectivity index (χ0) is 14.1.